The molecule has 0 unspecified atom stereocenters. The summed E-state index contributed by atoms with van der Waals surface area (Å²) in [4.78, 5) is 11.9. The molecule has 1 N–H and O–H groups in total. The van der Waals surface area contributed by atoms with E-state index in [0.29, 0.717) is 19.8 Å². The van der Waals surface area contributed by atoms with Crippen LogP contribution in [0.2, 0.25) is 0 Å². The van der Waals surface area contributed by atoms with E-state index in [4.69, 9.17) is 9.47 Å². The number of nitrogens with one attached hydrogen (secondary N) is 1. The fraction of sp³-hybridized carbons (Fsp3) is 0.562. The van der Waals surface area contributed by atoms with E-state index in [1.54, 1.807) is 0 Å². The maximum atomic E-state index is 11.9. The summed E-state index contributed by atoms with van der Waals surface area (Å²) >= 11 is 0. The van der Waals surface area contributed by atoms with Crippen LogP contribution in [0.5, 0.6) is 0 Å². The number of benzene rings is 1. The van der Waals surface area contributed by atoms with Gasteiger partial charge in [-0.15, -0.1) is 0 Å². The molecular formula is C16H21NO3. The second-order valence-electron chi connectivity index (χ2n) is 5.59. The van der Waals surface area contributed by atoms with E-state index in [0.717, 1.165) is 24.8 Å². The smallest absolute Gasteiger partial charge is 0.223 e. The van der Waals surface area contributed by atoms with Crippen molar-refractivity contribution in [3.05, 3.63) is 35.9 Å². The Labute approximate surface area is 119 Å². The van der Waals surface area contributed by atoms with Gasteiger partial charge in [0.1, 0.15) is 6.10 Å². The lowest BCUT2D eigenvalue weighted by Crippen LogP contribution is -2.50. The van der Waals surface area contributed by atoms with E-state index in [9.17, 15) is 4.79 Å². The molecule has 0 bridgehead atoms. The van der Waals surface area contributed by atoms with Gasteiger partial charge >= 0.3 is 0 Å². The molecule has 2 aliphatic rings. The van der Waals surface area contributed by atoms with Gasteiger partial charge < -0.3 is 14.8 Å². The van der Waals surface area contributed by atoms with E-state index in [2.05, 4.69) is 5.32 Å². The molecule has 0 radical (unpaired) electrons. The molecular weight excluding hydrogens is 254 g/mol. The molecule has 1 aromatic carbocycles. The zero-order valence-corrected chi connectivity index (χ0v) is 11.6. The molecule has 108 valence electrons. The van der Waals surface area contributed by atoms with Crippen LogP contribution in [-0.4, -0.2) is 31.3 Å². The van der Waals surface area contributed by atoms with Crippen LogP contribution in [-0.2, 0) is 20.9 Å². The minimum absolute atomic E-state index is 0.0494. The largest absolute Gasteiger partial charge is 0.379 e. The Bertz CT molecular complexity index is 444. The average Bonchev–Trinajstić information content (AvgIpc) is 3.32. The summed E-state index contributed by atoms with van der Waals surface area (Å²) in [7, 11) is 0. The molecule has 1 amide bonds. The molecule has 1 aliphatic carbocycles. The summed E-state index contributed by atoms with van der Waals surface area (Å²) < 4.78 is 11.4. The number of hydrogen-bond acceptors (Lipinski definition) is 3. The van der Waals surface area contributed by atoms with Crippen molar-refractivity contribution in [3.63, 3.8) is 0 Å². The van der Waals surface area contributed by atoms with Crippen molar-refractivity contribution >= 4 is 5.91 Å². The van der Waals surface area contributed by atoms with Gasteiger partial charge in [0.05, 0.1) is 19.3 Å². The van der Waals surface area contributed by atoms with E-state index >= 15 is 0 Å². The predicted molar refractivity (Wildman–Crippen MR) is 75.1 cm³/mol. The molecule has 20 heavy (non-hydrogen) atoms. The molecule has 1 heterocycles. The lowest BCUT2D eigenvalue weighted by Gasteiger charge is -2.32. The van der Waals surface area contributed by atoms with Gasteiger partial charge in [0.15, 0.2) is 0 Å². The lowest BCUT2D eigenvalue weighted by atomic mass is 10.1. The van der Waals surface area contributed by atoms with E-state index in [1.807, 2.05) is 30.3 Å². The monoisotopic (exact) mass is 275 g/mol. The third-order valence-electron chi connectivity index (χ3n) is 3.89. The summed E-state index contributed by atoms with van der Waals surface area (Å²) in [5, 5.41) is 3.12. The Kier molecular flexibility index (Phi) is 4.33. The topological polar surface area (TPSA) is 47.6 Å². The molecule has 2 atom stereocenters. The minimum atomic E-state index is -0.0494. The van der Waals surface area contributed by atoms with Crippen molar-refractivity contribution in [3.8, 4) is 0 Å². The minimum Gasteiger partial charge on any atom is -0.379 e. The Hall–Kier alpha value is -1.39. The first-order chi connectivity index (χ1) is 9.83. The zero-order chi connectivity index (χ0) is 13.8. The van der Waals surface area contributed by atoms with Gasteiger partial charge in [-0.25, -0.2) is 0 Å². The Balaban J connectivity index is 1.53. The van der Waals surface area contributed by atoms with Gasteiger partial charge in [0, 0.05) is 12.5 Å². The summed E-state index contributed by atoms with van der Waals surface area (Å²) in [6, 6.07) is 10.2. The Morgan fingerprint density at radius 1 is 1.25 bits per heavy atom. The molecule has 2 fully saturated rings. The molecule has 3 rings (SSSR count). The van der Waals surface area contributed by atoms with Gasteiger partial charge in [-0.3, -0.25) is 4.79 Å². The third kappa shape index (κ3) is 3.58. The quantitative estimate of drug-likeness (QED) is 0.892. The molecule has 4 nitrogen and oxygen atoms in total. The highest BCUT2D eigenvalue weighted by Gasteiger charge is 2.34. The summed E-state index contributed by atoms with van der Waals surface area (Å²) in [6.45, 7) is 1.81. The number of carbonyl (C=O) groups is 1. The fourth-order valence-corrected chi connectivity index (χ4v) is 2.46. The average molecular weight is 275 g/mol. The lowest BCUT2D eigenvalue weighted by molar-refractivity contribution is -0.127. The standard InChI is InChI=1S/C16H21NO3/c18-16(13-6-7-13)17-14-8-9-19-11-15(14)20-10-12-4-2-1-3-5-12/h1-5,13-15H,6-11H2,(H,17,18)/t14-,15-/m1/s1. The van der Waals surface area contributed by atoms with Gasteiger partial charge in [0.25, 0.3) is 0 Å². The number of ether oxygens (including phenoxy) is 2. The number of hydrogen-bond donors (Lipinski definition) is 1. The molecule has 1 saturated heterocycles. The maximum absolute atomic E-state index is 11.9. The van der Waals surface area contributed by atoms with Crippen molar-refractivity contribution < 1.29 is 14.3 Å². The van der Waals surface area contributed by atoms with Gasteiger partial charge in [-0.2, -0.15) is 0 Å². The van der Waals surface area contributed by atoms with Crippen LogP contribution in [0.25, 0.3) is 0 Å². The first-order valence-corrected chi connectivity index (χ1v) is 7.36. The van der Waals surface area contributed by atoms with Crippen molar-refractivity contribution in [2.75, 3.05) is 13.2 Å². The first kappa shape index (κ1) is 13.6. The summed E-state index contributed by atoms with van der Waals surface area (Å²) in [6.07, 6.45) is 2.85. The van der Waals surface area contributed by atoms with Crippen LogP contribution in [0, 0.1) is 5.92 Å². The second kappa shape index (κ2) is 6.37. The molecule has 1 saturated carbocycles. The van der Waals surface area contributed by atoms with Crippen molar-refractivity contribution in [2.24, 2.45) is 5.92 Å². The first-order valence-electron chi connectivity index (χ1n) is 7.36. The normalized spacial score (nSPS) is 26.2. The number of rotatable bonds is 5. The highest BCUT2D eigenvalue weighted by molar-refractivity contribution is 5.81. The summed E-state index contributed by atoms with van der Waals surface area (Å²) in [5.41, 5.74) is 1.14. The predicted octanol–water partition coefficient (Wildman–Crippen LogP) is 1.89. The number of carbonyl (C=O) groups excluding carboxylic acids is 1. The van der Waals surface area contributed by atoms with E-state index in [1.165, 1.54) is 0 Å². The van der Waals surface area contributed by atoms with Crippen LogP contribution in [0.4, 0.5) is 0 Å². The van der Waals surface area contributed by atoms with Crippen LogP contribution in [0.1, 0.15) is 24.8 Å². The molecule has 0 spiro atoms. The van der Waals surface area contributed by atoms with Crippen LogP contribution in [0.15, 0.2) is 30.3 Å². The third-order valence-corrected chi connectivity index (χ3v) is 3.89. The van der Waals surface area contributed by atoms with Crippen LogP contribution < -0.4 is 5.32 Å². The Morgan fingerprint density at radius 3 is 2.80 bits per heavy atom. The van der Waals surface area contributed by atoms with Gasteiger partial charge in [-0.05, 0) is 24.8 Å². The number of amides is 1. The molecule has 0 aromatic heterocycles. The molecule has 4 heteroatoms. The SMILES string of the molecule is O=C(N[C@@H]1CCOC[C@H]1OCc1ccccc1)C1CC1. The van der Waals surface area contributed by atoms with Crippen molar-refractivity contribution in [1.82, 2.24) is 5.32 Å². The van der Waals surface area contributed by atoms with Crippen molar-refractivity contribution in [2.45, 2.75) is 38.0 Å². The van der Waals surface area contributed by atoms with Gasteiger partial charge in [0.2, 0.25) is 5.91 Å². The van der Waals surface area contributed by atoms with E-state index < -0.39 is 0 Å². The maximum Gasteiger partial charge on any atom is 0.223 e. The summed E-state index contributed by atoms with van der Waals surface area (Å²) in [5.74, 6) is 0.429. The highest BCUT2D eigenvalue weighted by atomic mass is 16.5. The second-order valence-corrected chi connectivity index (χ2v) is 5.59. The highest BCUT2D eigenvalue weighted by Crippen LogP contribution is 2.29. The van der Waals surface area contributed by atoms with Crippen molar-refractivity contribution in [1.29, 1.82) is 0 Å². The van der Waals surface area contributed by atoms with Crippen LogP contribution >= 0.6 is 0 Å². The van der Waals surface area contributed by atoms with Crippen LogP contribution in [0.3, 0.4) is 0 Å². The fourth-order valence-electron chi connectivity index (χ4n) is 2.46. The van der Waals surface area contributed by atoms with Gasteiger partial charge in [-0.1, -0.05) is 30.3 Å². The zero-order valence-electron chi connectivity index (χ0n) is 11.6. The molecule has 1 aromatic rings. The molecule has 1 aliphatic heterocycles. The Morgan fingerprint density at radius 2 is 2.05 bits per heavy atom. The van der Waals surface area contributed by atoms with E-state index in [-0.39, 0.29) is 24.0 Å².